The van der Waals surface area contributed by atoms with E-state index in [9.17, 15) is 0 Å². The lowest BCUT2D eigenvalue weighted by atomic mass is 9.80. The lowest BCUT2D eigenvalue weighted by Crippen LogP contribution is -2.54. The Hall–Kier alpha value is -1.65. The highest BCUT2D eigenvalue weighted by molar-refractivity contribution is 5.26. The van der Waals surface area contributed by atoms with E-state index in [4.69, 9.17) is 0 Å². The van der Waals surface area contributed by atoms with Gasteiger partial charge in [0, 0.05) is 38.3 Å². The summed E-state index contributed by atoms with van der Waals surface area (Å²) in [4.78, 5) is 10.5. The summed E-state index contributed by atoms with van der Waals surface area (Å²) in [6.45, 7) is 4.39. The van der Waals surface area contributed by atoms with Gasteiger partial charge in [0.2, 0.25) is 0 Å². The van der Waals surface area contributed by atoms with Gasteiger partial charge in [0.05, 0.1) is 17.6 Å². The van der Waals surface area contributed by atoms with Gasteiger partial charge in [0.15, 0.2) is 0 Å². The van der Waals surface area contributed by atoms with Crippen LogP contribution in [-0.4, -0.2) is 34.5 Å². The second-order valence-corrected chi connectivity index (χ2v) is 6.25. The first kappa shape index (κ1) is 13.0. The van der Waals surface area contributed by atoms with Crippen LogP contribution in [0.3, 0.4) is 0 Å². The minimum atomic E-state index is 0.112. The fraction of sp³-hybridized carbons (Fsp3) is 0.471. The van der Waals surface area contributed by atoms with Crippen molar-refractivity contribution in [1.29, 1.82) is 0 Å². The highest BCUT2D eigenvalue weighted by Gasteiger charge is 2.40. The number of benzene rings is 1. The standard InChI is InChI=1S/C17H22N4/c1-2-4-14(5-3-1)12-21-10-7-17(8-11-21)16-15(6-9-20-17)18-13-19-16/h1-5,13,20H,6-12H2,(H,18,19). The van der Waals surface area contributed by atoms with Crippen molar-refractivity contribution in [3.63, 3.8) is 0 Å². The molecule has 2 aliphatic rings. The average molecular weight is 282 g/mol. The SMILES string of the molecule is c1ccc(CN2CCC3(CC2)NCCc2[nH]cnc23)cc1. The molecular weight excluding hydrogens is 260 g/mol. The zero-order valence-corrected chi connectivity index (χ0v) is 12.3. The van der Waals surface area contributed by atoms with E-state index in [0.717, 1.165) is 45.4 Å². The summed E-state index contributed by atoms with van der Waals surface area (Å²) in [7, 11) is 0. The molecule has 110 valence electrons. The van der Waals surface area contributed by atoms with Crippen molar-refractivity contribution < 1.29 is 0 Å². The Morgan fingerprint density at radius 2 is 1.95 bits per heavy atom. The maximum absolute atomic E-state index is 4.61. The Morgan fingerprint density at radius 1 is 1.14 bits per heavy atom. The highest BCUT2D eigenvalue weighted by atomic mass is 15.2. The minimum absolute atomic E-state index is 0.112. The molecular formula is C17H22N4. The van der Waals surface area contributed by atoms with Gasteiger partial charge in [-0.15, -0.1) is 0 Å². The molecule has 1 aromatic heterocycles. The fourth-order valence-electron chi connectivity index (χ4n) is 3.78. The molecule has 3 heterocycles. The van der Waals surface area contributed by atoms with Crippen LogP contribution in [0.2, 0.25) is 0 Å². The van der Waals surface area contributed by atoms with Gasteiger partial charge in [-0.05, 0) is 18.4 Å². The Bertz CT molecular complexity index is 596. The van der Waals surface area contributed by atoms with E-state index in [2.05, 4.69) is 50.5 Å². The molecule has 0 unspecified atom stereocenters. The molecule has 2 N–H and O–H groups in total. The molecule has 0 radical (unpaired) electrons. The summed E-state index contributed by atoms with van der Waals surface area (Å²) >= 11 is 0. The van der Waals surface area contributed by atoms with Crippen molar-refractivity contribution in [2.24, 2.45) is 0 Å². The Labute approximate surface area is 125 Å². The Morgan fingerprint density at radius 3 is 2.76 bits per heavy atom. The molecule has 2 aliphatic heterocycles. The van der Waals surface area contributed by atoms with E-state index in [0.29, 0.717) is 0 Å². The van der Waals surface area contributed by atoms with Crippen LogP contribution >= 0.6 is 0 Å². The molecule has 0 amide bonds. The van der Waals surface area contributed by atoms with Gasteiger partial charge >= 0.3 is 0 Å². The van der Waals surface area contributed by atoms with Crippen molar-refractivity contribution in [2.75, 3.05) is 19.6 Å². The number of fused-ring (bicyclic) bond motifs is 2. The number of aromatic nitrogens is 2. The number of aromatic amines is 1. The van der Waals surface area contributed by atoms with Crippen LogP contribution < -0.4 is 5.32 Å². The molecule has 4 heteroatoms. The topological polar surface area (TPSA) is 44.0 Å². The first-order chi connectivity index (χ1) is 10.4. The minimum Gasteiger partial charge on any atom is -0.348 e. The molecule has 0 aliphatic carbocycles. The van der Waals surface area contributed by atoms with Crippen LogP contribution in [0.4, 0.5) is 0 Å². The quantitative estimate of drug-likeness (QED) is 0.886. The van der Waals surface area contributed by atoms with Crippen LogP contribution in [-0.2, 0) is 18.5 Å². The van der Waals surface area contributed by atoms with Gasteiger partial charge < -0.3 is 10.3 Å². The number of nitrogens with zero attached hydrogens (tertiary/aromatic N) is 2. The van der Waals surface area contributed by atoms with Crippen LogP contribution in [0.1, 0.15) is 29.8 Å². The molecule has 21 heavy (non-hydrogen) atoms. The smallest absolute Gasteiger partial charge is 0.0926 e. The molecule has 4 nitrogen and oxygen atoms in total. The zero-order chi connectivity index (χ0) is 14.1. The predicted molar refractivity (Wildman–Crippen MR) is 82.9 cm³/mol. The van der Waals surface area contributed by atoms with Crippen molar-refractivity contribution >= 4 is 0 Å². The zero-order valence-electron chi connectivity index (χ0n) is 12.3. The highest BCUT2D eigenvalue weighted by Crippen LogP contribution is 2.36. The van der Waals surface area contributed by atoms with E-state index in [-0.39, 0.29) is 5.54 Å². The molecule has 4 rings (SSSR count). The van der Waals surface area contributed by atoms with Crippen molar-refractivity contribution in [3.8, 4) is 0 Å². The number of nitrogens with one attached hydrogen (secondary N) is 2. The average Bonchev–Trinajstić information content (AvgIpc) is 3.01. The van der Waals surface area contributed by atoms with Gasteiger partial charge in [-0.2, -0.15) is 0 Å². The summed E-state index contributed by atoms with van der Waals surface area (Å²) in [5.41, 5.74) is 4.13. The van der Waals surface area contributed by atoms with Gasteiger partial charge in [0.25, 0.3) is 0 Å². The second kappa shape index (κ2) is 5.28. The molecule has 0 bridgehead atoms. The van der Waals surface area contributed by atoms with Crippen LogP contribution in [0.5, 0.6) is 0 Å². The lowest BCUT2D eigenvalue weighted by Gasteiger charge is -2.44. The third-order valence-corrected chi connectivity index (χ3v) is 4.97. The molecule has 2 aromatic rings. The normalized spacial score (nSPS) is 21.3. The number of H-pyrrole nitrogens is 1. The van der Waals surface area contributed by atoms with E-state index in [1.165, 1.54) is 17.0 Å². The van der Waals surface area contributed by atoms with Gasteiger partial charge in [0.1, 0.15) is 0 Å². The molecule has 1 aromatic carbocycles. The second-order valence-electron chi connectivity index (χ2n) is 6.25. The van der Waals surface area contributed by atoms with Gasteiger partial charge in [-0.25, -0.2) is 4.98 Å². The number of piperidine rings is 1. The molecule has 0 saturated carbocycles. The summed E-state index contributed by atoms with van der Waals surface area (Å²) in [6, 6.07) is 10.8. The number of hydrogen-bond acceptors (Lipinski definition) is 3. The van der Waals surface area contributed by atoms with Crippen molar-refractivity contribution in [2.45, 2.75) is 31.3 Å². The fourth-order valence-corrected chi connectivity index (χ4v) is 3.78. The Kier molecular flexibility index (Phi) is 3.28. The summed E-state index contributed by atoms with van der Waals surface area (Å²) in [5, 5.41) is 3.75. The summed E-state index contributed by atoms with van der Waals surface area (Å²) in [5.74, 6) is 0. The maximum Gasteiger partial charge on any atom is 0.0926 e. The van der Waals surface area contributed by atoms with Gasteiger partial charge in [-0.3, -0.25) is 4.90 Å². The third-order valence-electron chi connectivity index (χ3n) is 4.97. The molecule has 1 spiro atoms. The van der Waals surface area contributed by atoms with E-state index in [1.807, 2.05) is 6.33 Å². The number of hydrogen-bond donors (Lipinski definition) is 2. The van der Waals surface area contributed by atoms with E-state index in [1.54, 1.807) is 0 Å². The van der Waals surface area contributed by atoms with Crippen LogP contribution in [0.15, 0.2) is 36.7 Å². The van der Waals surface area contributed by atoms with Crippen LogP contribution in [0, 0.1) is 0 Å². The first-order valence-corrected chi connectivity index (χ1v) is 7.90. The van der Waals surface area contributed by atoms with Crippen LogP contribution in [0.25, 0.3) is 0 Å². The Balaban J connectivity index is 1.46. The van der Waals surface area contributed by atoms with E-state index < -0.39 is 0 Å². The third kappa shape index (κ3) is 2.39. The molecule has 0 atom stereocenters. The van der Waals surface area contributed by atoms with Crippen molar-refractivity contribution in [3.05, 3.63) is 53.6 Å². The summed E-state index contributed by atoms with van der Waals surface area (Å²) in [6.07, 6.45) is 5.23. The van der Waals surface area contributed by atoms with Gasteiger partial charge in [-0.1, -0.05) is 30.3 Å². The summed E-state index contributed by atoms with van der Waals surface area (Å²) < 4.78 is 0. The predicted octanol–water partition coefficient (Wildman–Crippen LogP) is 2.05. The largest absolute Gasteiger partial charge is 0.348 e. The number of imidazole rings is 1. The van der Waals surface area contributed by atoms with E-state index >= 15 is 0 Å². The first-order valence-electron chi connectivity index (χ1n) is 7.90. The lowest BCUT2D eigenvalue weighted by molar-refractivity contribution is 0.121. The molecule has 1 saturated heterocycles. The molecule has 1 fully saturated rings. The van der Waals surface area contributed by atoms with Crippen molar-refractivity contribution in [1.82, 2.24) is 20.2 Å². The number of likely N-dealkylation sites (tertiary alicyclic amines) is 1. The number of rotatable bonds is 2. The monoisotopic (exact) mass is 282 g/mol. The maximum atomic E-state index is 4.61.